The minimum absolute atomic E-state index is 0.187. The number of anilines is 3. The first-order valence-electron chi connectivity index (χ1n) is 9.71. The van der Waals surface area contributed by atoms with Gasteiger partial charge in [0.15, 0.2) is 0 Å². The van der Waals surface area contributed by atoms with Crippen LogP contribution in [0, 0.1) is 5.82 Å². The zero-order chi connectivity index (χ0) is 18.5. The van der Waals surface area contributed by atoms with Crippen molar-refractivity contribution >= 4 is 17.3 Å². The van der Waals surface area contributed by atoms with Crippen LogP contribution in [0.4, 0.5) is 21.7 Å². The summed E-state index contributed by atoms with van der Waals surface area (Å²) in [5.74, 6) is 1.54. The Kier molecular flexibility index (Phi) is 5.67. The van der Waals surface area contributed by atoms with Crippen molar-refractivity contribution in [1.29, 1.82) is 0 Å². The van der Waals surface area contributed by atoms with Gasteiger partial charge in [-0.25, -0.2) is 14.4 Å². The molecular formula is C20H26FN5O. The molecule has 3 heterocycles. The normalized spacial score (nSPS) is 17.8. The molecule has 27 heavy (non-hydrogen) atoms. The van der Waals surface area contributed by atoms with E-state index in [1.54, 1.807) is 12.4 Å². The smallest absolute Gasteiger partial charge is 0.146 e. The molecular weight excluding hydrogens is 345 g/mol. The van der Waals surface area contributed by atoms with Crippen molar-refractivity contribution in [3.8, 4) is 0 Å². The van der Waals surface area contributed by atoms with Crippen molar-refractivity contribution in [2.45, 2.75) is 25.8 Å². The van der Waals surface area contributed by atoms with E-state index >= 15 is 0 Å². The molecule has 0 amide bonds. The fourth-order valence-electron chi connectivity index (χ4n) is 3.65. The van der Waals surface area contributed by atoms with Crippen LogP contribution in [0.25, 0.3) is 0 Å². The Hall–Kier alpha value is -2.41. The number of hydrogen-bond acceptors (Lipinski definition) is 6. The molecule has 1 N–H and O–H groups in total. The minimum Gasteiger partial charge on any atom is -0.378 e. The van der Waals surface area contributed by atoms with Gasteiger partial charge < -0.3 is 19.9 Å². The van der Waals surface area contributed by atoms with Crippen LogP contribution < -0.4 is 15.1 Å². The monoisotopic (exact) mass is 371 g/mol. The second-order valence-corrected chi connectivity index (χ2v) is 7.05. The lowest BCUT2D eigenvalue weighted by Gasteiger charge is -2.29. The van der Waals surface area contributed by atoms with Crippen LogP contribution in [0.15, 0.2) is 30.6 Å². The molecule has 1 aromatic heterocycles. The number of rotatable bonds is 5. The second kappa shape index (κ2) is 8.52. The molecule has 4 rings (SSSR count). The molecule has 2 aliphatic heterocycles. The Balaban J connectivity index is 1.39. The van der Waals surface area contributed by atoms with Gasteiger partial charge in [-0.3, -0.25) is 0 Å². The zero-order valence-corrected chi connectivity index (χ0v) is 15.5. The number of nitrogens with one attached hydrogen (secondary N) is 1. The maximum Gasteiger partial charge on any atom is 0.146 e. The fourth-order valence-corrected chi connectivity index (χ4v) is 3.65. The van der Waals surface area contributed by atoms with Gasteiger partial charge in [0.1, 0.15) is 23.8 Å². The van der Waals surface area contributed by atoms with Gasteiger partial charge in [-0.05, 0) is 37.0 Å². The molecule has 7 heteroatoms. The van der Waals surface area contributed by atoms with Crippen molar-refractivity contribution in [2.24, 2.45) is 0 Å². The maximum atomic E-state index is 14.5. The number of morpholine rings is 1. The summed E-state index contributed by atoms with van der Waals surface area (Å²) in [5.41, 5.74) is 1.54. The third kappa shape index (κ3) is 4.47. The van der Waals surface area contributed by atoms with E-state index in [1.807, 2.05) is 23.1 Å². The highest BCUT2D eigenvalue weighted by Gasteiger charge is 2.16. The van der Waals surface area contributed by atoms with Crippen LogP contribution in [-0.2, 0) is 11.3 Å². The number of ether oxygens (including phenoxy) is 1. The van der Waals surface area contributed by atoms with Crippen LogP contribution in [0.3, 0.4) is 0 Å². The van der Waals surface area contributed by atoms with Gasteiger partial charge in [-0.1, -0.05) is 6.07 Å². The molecule has 2 fully saturated rings. The number of hydrogen-bond donors (Lipinski definition) is 1. The van der Waals surface area contributed by atoms with E-state index in [-0.39, 0.29) is 5.82 Å². The highest BCUT2D eigenvalue weighted by atomic mass is 19.1. The van der Waals surface area contributed by atoms with Gasteiger partial charge in [0.25, 0.3) is 0 Å². The molecule has 144 valence electrons. The summed E-state index contributed by atoms with van der Waals surface area (Å²) in [5, 5.41) is 3.29. The van der Waals surface area contributed by atoms with E-state index in [2.05, 4.69) is 20.2 Å². The van der Waals surface area contributed by atoms with Gasteiger partial charge in [-0.15, -0.1) is 0 Å². The van der Waals surface area contributed by atoms with Crippen LogP contribution in [0.5, 0.6) is 0 Å². The molecule has 2 aromatic rings. The van der Waals surface area contributed by atoms with Crippen LogP contribution in [0.1, 0.15) is 24.8 Å². The Labute approximate surface area is 159 Å². The first-order chi connectivity index (χ1) is 13.3. The number of piperidine rings is 1. The third-order valence-corrected chi connectivity index (χ3v) is 5.17. The van der Waals surface area contributed by atoms with Gasteiger partial charge in [0.2, 0.25) is 0 Å². The molecule has 0 saturated carbocycles. The van der Waals surface area contributed by atoms with E-state index in [1.165, 1.54) is 19.3 Å². The first kappa shape index (κ1) is 18.0. The largest absolute Gasteiger partial charge is 0.378 e. The fraction of sp³-hybridized carbons (Fsp3) is 0.500. The van der Waals surface area contributed by atoms with Gasteiger partial charge >= 0.3 is 0 Å². The molecule has 0 radical (unpaired) electrons. The van der Waals surface area contributed by atoms with Crippen molar-refractivity contribution < 1.29 is 9.13 Å². The summed E-state index contributed by atoms with van der Waals surface area (Å²) in [6, 6.07) is 7.40. The Morgan fingerprint density at radius 1 is 0.963 bits per heavy atom. The molecule has 0 spiro atoms. The average molecular weight is 371 g/mol. The predicted octanol–water partition coefficient (Wildman–Crippen LogP) is 3.05. The molecule has 6 nitrogen and oxygen atoms in total. The quantitative estimate of drug-likeness (QED) is 0.872. The minimum atomic E-state index is -0.187. The highest BCUT2D eigenvalue weighted by molar-refractivity contribution is 5.51. The van der Waals surface area contributed by atoms with Gasteiger partial charge in [0.05, 0.1) is 18.9 Å². The summed E-state index contributed by atoms with van der Waals surface area (Å²) >= 11 is 0. The predicted molar refractivity (Wildman–Crippen MR) is 105 cm³/mol. The molecule has 0 atom stereocenters. The van der Waals surface area contributed by atoms with E-state index in [0.717, 1.165) is 43.4 Å². The molecule has 2 saturated heterocycles. The lowest BCUT2D eigenvalue weighted by atomic mass is 10.1. The number of nitrogens with zero attached hydrogens (tertiary/aromatic N) is 4. The summed E-state index contributed by atoms with van der Waals surface area (Å²) in [6.07, 6.45) is 5.30. The maximum absolute atomic E-state index is 14.5. The lowest BCUT2D eigenvalue weighted by molar-refractivity contribution is 0.122. The first-order valence-corrected chi connectivity index (χ1v) is 9.71. The van der Waals surface area contributed by atoms with E-state index in [4.69, 9.17) is 4.74 Å². The number of benzene rings is 1. The van der Waals surface area contributed by atoms with Crippen molar-refractivity contribution in [2.75, 3.05) is 54.5 Å². The van der Waals surface area contributed by atoms with Gasteiger partial charge in [0, 0.05) is 38.8 Å². The summed E-state index contributed by atoms with van der Waals surface area (Å²) < 4.78 is 19.9. The summed E-state index contributed by atoms with van der Waals surface area (Å²) in [7, 11) is 0. The molecule has 0 bridgehead atoms. The zero-order valence-electron chi connectivity index (χ0n) is 15.5. The molecule has 0 aliphatic carbocycles. The second-order valence-electron chi connectivity index (χ2n) is 7.05. The summed E-state index contributed by atoms with van der Waals surface area (Å²) in [4.78, 5) is 13.0. The molecule has 0 unspecified atom stereocenters. The number of halogens is 1. The van der Waals surface area contributed by atoms with Crippen molar-refractivity contribution in [1.82, 2.24) is 9.97 Å². The van der Waals surface area contributed by atoms with Gasteiger partial charge in [-0.2, -0.15) is 0 Å². The third-order valence-electron chi connectivity index (χ3n) is 5.17. The van der Waals surface area contributed by atoms with Crippen LogP contribution >= 0.6 is 0 Å². The SMILES string of the molecule is Fc1cc(CNc2cc(N3CCCCC3)ncn2)ccc1N1CCOCC1. The van der Waals surface area contributed by atoms with E-state index < -0.39 is 0 Å². The molecule has 2 aliphatic rings. The van der Waals surface area contributed by atoms with Crippen molar-refractivity contribution in [3.05, 3.63) is 42.0 Å². The topological polar surface area (TPSA) is 53.5 Å². The average Bonchev–Trinajstić information content (AvgIpc) is 2.74. The molecule has 1 aromatic carbocycles. The highest BCUT2D eigenvalue weighted by Crippen LogP contribution is 2.23. The Morgan fingerprint density at radius 3 is 2.56 bits per heavy atom. The van der Waals surface area contributed by atoms with Crippen LogP contribution in [-0.4, -0.2) is 49.4 Å². The van der Waals surface area contributed by atoms with E-state index in [9.17, 15) is 4.39 Å². The number of aromatic nitrogens is 2. The summed E-state index contributed by atoms with van der Waals surface area (Å²) in [6.45, 7) is 5.38. The standard InChI is InChI=1S/C20H26FN5O/c21-17-12-16(4-5-18(17)25-8-10-27-11-9-25)14-22-19-13-20(24-15-23-19)26-6-2-1-3-7-26/h4-5,12-13,15H,1-3,6-11,14H2,(H,22,23,24). The Bertz CT molecular complexity index is 760. The lowest BCUT2D eigenvalue weighted by Crippen LogP contribution is -2.36. The Morgan fingerprint density at radius 2 is 1.78 bits per heavy atom. The van der Waals surface area contributed by atoms with Crippen molar-refractivity contribution in [3.63, 3.8) is 0 Å². The van der Waals surface area contributed by atoms with E-state index in [0.29, 0.717) is 25.4 Å². The van der Waals surface area contributed by atoms with Crippen LogP contribution in [0.2, 0.25) is 0 Å².